The van der Waals surface area contributed by atoms with Crippen LogP contribution in [0.5, 0.6) is 0 Å². The highest BCUT2D eigenvalue weighted by Crippen LogP contribution is 2.22. The number of halogens is 1. The quantitative estimate of drug-likeness (QED) is 0.708. The lowest BCUT2D eigenvalue weighted by molar-refractivity contribution is -0.130. The number of hydrogen-bond acceptors (Lipinski definition) is 3. The van der Waals surface area contributed by atoms with Crippen LogP contribution in [0.4, 0.5) is 0 Å². The van der Waals surface area contributed by atoms with Crippen LogP contribution in [0.1, 0.15) is 26.2 Å². The van der Waals surface area contributed by atoms with Crippen LogP contribution in [-0.4, -0.2) is 28.9 Å². The van der Waals surface area contributed by atoms with Gasteiger partial charge in [0.1, 0.15) is 0 Å². The molecular weight excluding hydrogens is 312 g/mol. The van der Waals surface area contributed by atoms with Gasteiger partial charge in [0.15, 0.2) is 11.7 Å². The van der Waals surface area contributed by atoms with Crippen molar-refractivity contribution in [2.45, 2.75) is 26.7 Å². The van der Waals surface area contributed by atoms with Crippen LogP contribution in [0.15, 0.2) is 47.0 Å². The second-order valence-corrected chi connectivity index (χ2v) is 5.93. The maximum absolute atomic E-state index is 12.2. The highest BCUT2D eigenvalue weighted by atomic mass is 35.5. The Morgan fingerprint density at radius 3 is 2.65 bits per heavy atom. The van der Waals surface area contributed by atoms with E-state index in [0.717, 1.165) is 11.1 Å². The second-order valence-electron chi connectivity index (χ2n) is 5.49. The number of aryl methyl sites for hydroxylation is 1. The maximum Gasteiger partial charge on any atom is 0.223 e. The van der Waals surface area contributed by atoms with Gasteiger partial charge in [0, 0.05) is 36.5 Å². The lowest BCUT2D eigenvalue weighted by atomic mass is 10.2. The highest BCUT2D eigenvalue weighted by molar-refractivity contribution is 6.30. The zero-order valence-corrected chi connectivity index (χ0v) is 14.3. The van der Waals surface area contributed by atoms with E-state index in [2.05, 4.69) is 11.6 Å². The molecule has 5 heteroatoms. The largest absolute Gasteiger partial charge is 0.441 e. The summed E-state index contributed by atoms with van der Waals surface area (Å²) >= 11 is 5.87. The van der Waals surface area contributed by atoms with Gasteiger partial charge in [-0.05, 0) is 38.1 Å². The highest BCUT2D eigenvalue weighted by Gasteiger charge is 2.14. The number of carbonyl (C=O) groups excluding carboxylic acids is 1. The Morgan fingerprint density at radius 1 is 1.35 bits per heavy atom. The van der Waals surface area contributed by atoms with Gasteiger partial charge in [-0.1, -0.05) is 23.8 Å². The number of benzene rings is 1. The molecule has 0 saturated heterocycles. The van der Waals surface area contributed by atoms with Crippen LogP contribution in [0.25, 0.3) is 11.3 Å². The van der Waals surface area contributed by atoms with E-state index in [-0.39, 0.29) is 5.91 Å². The van der Waals surface area contributed by atoms with E-state index in [1.165, 1.54) is 0 Å². The number of rotatable bonds is 7. The first-order chi connectivity index (χ1) is 11.0. The molecule has 1 aromatic carbocycles. The molecule has 0 aliphatic rings. The Hall–Kier alpha value is -2.07. The van der Waals surface area contributed by atoms with Crippen LogP contribution < -0.4 is 0 Å². The van der Waals surface area contributed by atoms with Crippen molar-refractivity contribution in [2.24, 2.45) is 0 Å². The van der Waals surface area contributed by atoms with Gasteiger partial charge < -0.3 is 9.32 Å². The number of nitrogens with zero attached hydrogens (tertiary/aromatic N) is 2. The number of oxazole rings is 1. The van der Waals surface area contributed by atoms with Gasteiger partial charge in [0.05, 0.1) is 6.20 Å². The molecule has 23 heavy (non-hydrogen) atoms. The van der Waals surface area contributed by atoms with Crippen molar-refractivity contribution in [3.8, 4) is 11.3 Å². The van der Waals surface area contributed by atoms with Crippen molar-refractivity contribution in [3.63, 3.8) is 0 Å². The molecule has 122 valence electrons. The molecule has 1 amide bonds. The molecule has 0 bridgehead atoms. The first-order valence-electron chi connectivity index (χ1n) is 7.62. The van der Waals surface area contributed by atoms with Gasteiger partial charge in [-0.15, -0.1) is 0 Å². The third-order valence-corrected chi connectivity index (χ3v) is 3.68. The summed E-state index contributed by atoms with van der Waals surface area (Å²) in [5.41, 5.74) is 1.89. The molecular formula is C18H21ClN2O2. The molecule has 0 saturated carbocycles. The molecule has 0 aliphatic carbocycles. The Morgan fingerprint density at radius 2 is 2.04 bits per heavy atom. The molecule has 0 fully saturated rings. The molecule has 1 aromatic heterocycles. The van der Waals surface area contributed by atoms with Crippen LogP contribution in [0.2, 0.25) is 5.02 Å². The number of likely N-dealkylation sites (N-methyl/N-ethyl adjacent to an activating group) is 1. The monoisotopic (exact) mass is 332 g/mol. The van der Waals surface area contributed by atoms with Crippen molar-refractivity contribution in [3.05, 3.63) is 53.5 Å². The van der Waals surface area contributed by atoms with Crippen molar-refractivity contribution in [1.82, 2.24) is 9.88 Å². The maximum atomic E-state index is 12.2. The average molecular weight is 333 g/mol. The van der Waals surface area contributed by atoms with E-state index in [1.54, 1.807) is 23.2 Å². The minimum absolute atomic E-state index is 0.0849. The first kappa shape index (κ1) is 17.3. The van der Waals surface area contributed by atoms with E-state index in [0.29, 0.717) is 42.6 Å². The first-order valence-corrected chi connectivity index (χ1v) is 8.00. The molecule has 4 nitrogen and oxygen atoms in total. The third kappa shape index (κ3) is 4.96. The van der Waals surface area contributed by atoms with Crippen LogP contribution in [0, 0.1) is 0 Å². The molecule has 2 rings (SSSR count). The number of amides is 1. The van der Waals surface area contributed by atoms with Crippen molar-refractivity contribution < 1.29 is 9.21 Å². The van der Waals surface area contributed by atoms with Gasteiger partial charge in [-0.25, -0.2) is 4.98 Å². The molecule has 0 atom stereocenters. The molecule has 2 aromatic rings. The van der Waals surface area contributed by atoms with E-state index >= 15 is 0 Å². The summed E-state index contributed by atoms with van der Waals surface area (Å²) in [4.78, 5) is 18.2. The van der Waals surface area contributed by atoms with Crippen molar-refractivity contribution in [1.29, 1.82) is 0 Å². The van der Waals surface area contributed by atoms with Gasteiger partial charge in [0.2, 0.25) is 5.91 Å². The van der Waals surface area contributed by atoms with Gasteiger partial charge in [-0.3, -0.25) is 4.79 Å². The van der Waals surface area contributed by atoms with Crippen LogP contribution >= 0.6 is 11.6 Å². The minimum Gasteiger partial charge on any atom is -0.441 e. The predicted molar refractivity (Wildman–Crippen MR) is 92.3 cm³/mol. The fourth-order valence-electron chi connectivity index (χ4n) is 2.25. The van der Waals surface area contributed by atoms with Crippen LogP contribution in [0.3, 0.4) is 0 Å². The smallest absolute Gasteiger partial charge is 0.223 e. The van der Waals surface area contributed by atoms with E-state index in [4.69, 9.17) is 16.0 Å². The Labute approximate surface area is 141 Å². The third-order valence-electron chi connectivity index (χ3n) is 3.43. The van der Waals surface area contributed by atoms with Gasteiger partial charge in [-0.2, -0.15) is 0 Å². The Kier molecular flexibility index (Phi) is 5.99. The normalized spacial score (nSPS) is 10.6. The zero-order chi connectivity index (χ0) is 16.8. The fraction of sp³-hybridized carbons (Fsp3) is 0.333. The summed E-state index contributed by atoms with van der Waals surface area (Å²) in [5, 5.41) is 0.677. The molecule has 0 radical (unpaired) electrons. The van der Waals surface area contributed by atoms with E-state index in [1.807, 2.05) is 26.0 Å². The van der Waals surface area contributed by atoms with Crippen molar-refractivity contribution >= 4 is 17.5 Å². The average Bonchev–Trinajstić information content (AvgIpc) is 2.99. The summed E-state index contributed by atoms with van der Waals surface area (Å²) in [6, 6.07) is 7.37. The van der Waals surface area contributed by atoms with Crippen molar-refractivity contribution in [2.75, 3.05) is 13.1 Å². The topological polar surface area (TPSA) is 46.3 Å². The SMILES string of the molecule is C=C(C)CN(CC)C(=O)CCc1ncc(-c2ccc(Cl)cc2)o1. The summed E-state index contributed by atoms with van der Waals surface area (Å²) < 4.78 is 5.71. The lowest BCUT2D eigenvalue weighted by Gasteiger charge is -2.20. The fourth-order valence-corrected chi connectivity index (χ4v) is 2.37. The number of aromatic nitrogens is 1. The molecule has 0 aliphatic heterocycles. The standard InChI is InChI=1S/C18H21ClN2O2/c1-4-21(12-13(2)3)18(22)10-9-17-20-11-16(23-17)14-5-7-15(19)8-6-14/h5-8,11H,2,4,9-10,12H2,1,3H3. The number of carbonyl (C=O) groups is 1. The Bertz CT molecular complexity index is 677. The Balaban J connectivity index is 1.95. The molecule has 0 spiro atoms. The van der Waals surface area contributed by atoms with Crippen LogP contribution in [-0.2, 0) is 11.2 Å². The molecule has 0 N–H and O–H groups in total. The van der Waals surface area contributed by atoms with Gasteiger partial charge in [0.25, 0.3) is 0 Å². The predicted octanol–water partition coefficient (Wildman–Crippen LogP) is 4.35. The summed E-state index contributed by atoms with van der Waals surface area (Å²) in [7, 11) is 0. The minimum atomic E-state index is 0.0849. The number of hydrogen-bond donors (Lipinski definition) is 0. The zero-order valence-electron chi connectivity index (χ0n) is 13.5. The summed E-state index contributed by atoms with van der Waals surface area (Å²) in [6.45, 7) is 9.00. The van der Waals surface area contributed by atoms with Gasteiger partial charge >= 0.3 is 0 Å². The molecule has 1 heterocycles. The summed E-state index contributed by atoms with van der Waals surface area (Å²) in [6.07, 6.45) is 2.54. The molecule has 0 unspecified atom stereocenters. The second kappa shape index (κ2) is 7.97. The lowest BCUT2D eigenvalue weighted by Crippen LogP contribution is -2.32. The summed E-state index contributed by atoms with van der Waals surface area (Å²) in [5.74, 6) is 1.33. The van der Waals surface area contributed by atoms with E-state index in [9.17, 15) is 4.79 Å². The van der Waals surface area contributed by atoms with E-state index < -0.39 is 0 Å².